The van der Waals surface area contributed by atoms with Crippen molar-refractivity contribution in [2.45, 2.75) is 51.7 Å². The van der Waals surface area contributed by atoms with Gasteiger partial charge in [0, 0.05) is 18.3 Å². The normalized spacial score (nSPS) is 12.2. The number of rotatable bonds is 7. The summed E-state index contributed by atoms with van der Waals surface area (Å²) < 4.78 is 11.7. The van der Waals surface area contributed by atoms with E-state index in [-0.39, 0.29) is 25.1 Å². The minimum absolute atomic E-state index is 0.00969. The number of ether oxygens (including phenoxy) is 2. The van der Waals surface area contributed by atoms with Gasteiger partial charge in [-0.25, -0.2) is 4.79 Å². The third-order valence-corrected chi connectivity index (χ3v) is 3.91. The van der Waals surface area contributed by atoms with E-state index in [1.54, 1.807) is 26.8 Å². The van der Waals surface area contributed by atoms with Crippen molar-refractivity contribution in [3.05, 3.63) is 59.9 Å². The molecule has 1 unspecified atom stereocenters. The summed E-state index contributed by atoms with van der Waals surface area (Å²) in [6, 6.07) is 12.3. The maximum Gasteiger partial charge on any atom is 0.418 e. The predicted octanol–water partition coefficient (Wildman–Crippen LogP) is 3.96. The third kappa shape index (κ3) is 6.26. The first-order chi connectivity index (χ1) is 13.2. The Morgan fingerprint density at radius 1 is 1.07 bits per heavy atom. The highest BCUT2D eigenvalue weighted by Gasteiger charge is 2.28. The molecular weight excluding hydrogens is 362 g/mol. The summed E-state index contributed by atoms with van der Waals surface area (Å²) in [5.41, 5.74) is 0.403. The second-order valence-electron chi connectivity index (χ2n) is 7.36. The fourth-order valence-electron chi connectivity index (χ4n) is 2.63. The number of hydrogen-bond acceptors (Lipinski definition) is 5. The van der Waals surface area contributed by atoms with Gasteiger partial charge in [0.25, 0.3) is 0 Å². The summed E-state index contributed by atoms with van der Waals surface area (Å²) in [4.78, 5) is 36.1. The molecule has 0 amide bonds. The molecule has 0 aliphatic carbocycles. The molecule has 0 spiro atoms. The summed E-state index contributed by atoms with van der Waals surface area (Å²) in [6.45, 7) is 5.31. The number of carboxylic acids is 1. The van der Waals surface area contributed by atoms with E-state index in [0.29, 0.717) is 0 Å². The van der Waals surface area contributed by atoms with Crippen LogP contribution in [-0.4, -0.2) is 33.3 Å². The first-order valence-electron chi connectivity index (χ1n) is 9.00. The molecule has 2 rings (SSSR count). The van der Waals surface area contributed by atoms with Crippen LogP contribution >= 0.6 is 0 Å². The second-order valence-corrected chi connectivity index (χ2v) is 7.36. The minimum Gasteiger partial charge on any atom is -0.481 e. The van der Waals surface area contributed by atoms with Crippen molar-refractivity contribution in [2.75, 3.05) is 0 Å². The van der Waals surface area contributed by atoms with Crippen LogP contribution in [0.3, 0.4) is 0 Å². The van der Waals surface area contributed by atoms with Crippen molar-refractivity contribution < 1.29 is 29.0 Å². The van der Waals surface area contributed by atoms with Crippen LogP contribution in [0, 0.1) is 0 Å². The van der Waals surface area contributed by atoms with E-state index in [0.717, 1.165) is 5.56 Å². The van der Waals surface area contributed by atoms with E-state index in [1.165, 1.54) is 16.8 Å². The third-order valence-electron chi connectivity index (χ3n) is 3.91. The molecule has 0 bridgehead atoms. The van der Waals surface area contributed by atoms with Crippen LogP contribution in [0.1, 0.15) is 50.8 Å². The van der Waals surface area contributed by atoms with Crippen molar-refractivity contribution in [3.8, 4) is 0 Å². The van der Waals surface area contributed by atoms with Crippen LogP contribution in [0.15, 0.2) is 48.7 Å². The zero-order valence-electron chi connectivity index (χ0n) is 16.3. The second kappa shape index (κ2) is 9.21. The minimum atomic E-state index is -1.13. The van der Waals surface area contributed by atoms with E-state index in [4.69, 9.17) is 9.47 Å². The van der Waals surface area contributed by atoms with E-state index in [1.807, 2.05) is 30.3 Å². The number of benzene rings is 1. The average molecular weight is 387 g/mol. The van der Waals surface area contributed by atoms with Crippen LogP contribution in [-0.2, 0) is 25.7 Å². The van der Waals surface area contributed by atoms with Gasteiger partial charge in [-0.05, 0) is 44.9 Å². The summed E-state index contributed by atoms with van der Waals surface area (Å²) >= 11 is 0. The first-order valence-corrected chi connectivity index (χ1v) is 9.00. The molecule has 0 radical (unpaired) electrons. The van der Waals surface area contributed by atoms with E-state index in [2.05, 4.69) is 0 Å². The van der Waals surface area contributed by atoms with Gasteiger partial charge in [0.05, 0.1) is 5.92 Å². The molecule has 1 aromatic heterocycles. The van der Waals surface area contributed by atoms with E-state index in [9.17, 15) is 19.5 Å². The molecule has 2 aromatic rings. The number of esters is 1. The summed E-state index contributed by atoms with van der Waals surface area (Å²) in [5, 5.41) is 9.59. The first kappa shape index (κ1) is 21.2. The van der Waals surface area contributed by atoms with Gasteiger partial charge in [0.15, 0.2) is 0 Å². The lowest BCUT2D eigenvalue weighted by molar-refractivity contribution is -0.145. The van der Waals surface area contributed by atoms with Crippen LogP contribution in [0.4, 0.5) is 4.79 Å². The maximum atomic E-state index is 12.3. The number of carbonyl (C=O) groups is 3. The van der Waals surface area contributed by atoms with Crippen LogP contribution in [0.25, 0.3) is 0 Å². The van der Waals surface area contributed by atoms with Crippen LogP contribution in [0.2, 0.25) is 0 Å². The van der Waals surface area contributed by atoms with Gasteiger partial charge in [-0.1, -0.05) is 30.3 Å². The van der Waals surface area contributed by atoms with Crippen molar-refractivity contribution in [1.29, 1.82) is 0 Å². The number of hydrogen-bond donors (Lipinski definition) is 1. The Balaban J connectivity index is 2.00. The summed E-state index contributed by atoms with van der Waals surface area (Å²) in [7, 11) is 0. The lowest BCUT2D eigenvalue weighted by Crippen LogP contribution is -2.29. The predicted molar refractivity (Wildman–Crippen MR) is 102 cm³/mol. The molecule has 1 aromatic carbocycles. The largest absolute Gasteiger partial charge is 0.481 e. The van der Waals surface area contributed by atoms with Crippen molar-refractivity contribution in [3.63, 3.8) is 0 Å². The lowest BCUT2D eigenvalue weighted by atomic mass is 9.99. The monoisotopic (exact) mass is 387 g/mol. The summed E-state index contributed by atoms with van der Waals surface area (Å²) in [6.07, 6.45) is 0.719. The molecule has 1 N–H and O–H groups in total. The van der Waals surface area contributed by atoms with E-state index < -0.39 is 29.6 Å². The highest BCUT2D eigenvalue weighted by molar-refractivity contribution is 5.80. The molecule has 0 saturated carbocycles. The average Bonchev–Trinajstić information content (AvgIpc) is 3.09. The molecule has 28 heavy (non-hydrogen) atoms. The van der Waals surface area contributed by atoms with Gasteiger partial charge in [0.1, 0.15) is 12.2 Å². The van der Waals surface area contributed by atoms with Gasteiger partial charge in [-0.2, -0.15) is 0 Å². The molecule has 0 saturated heterocycles. The highest BCUT2D eigenvalue weighted by Crippen LogP contribution is 2.24. The smallest absolute Gasteiger partial charge is 0.418 e. The van der Waals surface area contributed by atoms with Gasteiger partial charge in [0.2, 0.25) is 0 Å². The zero-order valence-corrected chi connectivity index (χ0v) is 16.3. The van der Waals surface area contributed by atoms with Crippen LogP contribution < -0.4 is 0 Å². The fourth-order valence-corrected chi connectivity index (χ4v) is 2.63. The number of carbonyl (C=O) groups excluding carboxylic acids is 2. The van der Waals surface area contributed by atoms with Gasteiger partial charge < -0.3 is 14.6 Å². The Labute approximate surface area is 163 Å². The van der Waals surface area contributed by atoms with Crippen molar-refractivity contribution in [2.24, 2.45) is 0 Å². The topological polar surface area (TPSA) is 94.8 Å². The number of carboxylic acid groups (broad SMARTS) is 1. The molecule has 7 nitrogen and oxygen atoms in total. The van der Waals surface area contributed by atoms with Gasteiger partial charge >= 0.3 is 18.0 Å². The fraction of sp³-hybridized carbons (Fsp3) is 0.381. The number of nitrogens with zero attached hydrogens (tertiary/aromatic N) is 1. The molecule has 1 heterocycles. The quantitative estimate of drug-likeness (QED) is 0.723. The van der Waals surface area contributed by atoms with Gasteiger partial charge in [-0.3, -0.25) is 14.2 Å². The SMILES string of the molecule is CC(C)(C)OC(=O)n1cccc1C(CCC(=O)OCc1ccccc1)C(=O)O. The zero-order chi connectivity index (χ0) is 20.7. The Morgan fingerprint density at radius 3 is 2.36 bits per heavy atom. The summed E-state index contributed by atoms with van der Waals surface area (Å²) in [5.74, 6) is -2.66. The highest BCUT2D eigenvalue weighted by atomic mass is 16.6. The molecule has 7 heteroatoms. The standard InChI is InChI=1S/C21H25NO6/c1-21(2,3)28-20(26)22-13-7-10-17(22)16(19(24)25)11-12-18(23)27-14-15-8-5-4-6-9-15/h4-10,13,16H,11-12,14H2,1-3H3,(H,24,25). The Hall–Kier alpha value is -3.09. The lowest BCUT2D eigenvalue weighted by Gasteiger charge is -2.21. The molecular formula is C21H25NO6. The Bertz CT molecular complexity index is 819. The molecule has 150 valence electrons. The molecule has 0 aliphatic rings. The Morgan fingerprint density at radius 2 is 1.75 bits per heavy atom. The molecule has 0 aliphatic heterocycles. The maximum absolute atomic E-state index is 12.3. The van der Waals surface area contributed by atoms with Crippen molar-refractivity contribution in [1.82, 2.24) is 4.57 Å². The van der Waals surface area contributed by atoms with E-state index >= 15 is 0 Å². The number of aliphatic carboxylic acids is 1. The Kier molecular flexibility index (Phi) is 6.98. The van der Waals surface area contributed by atoms with Gasteiger partial charge in [-0.15, -0.1) is 0 Å². The number of aromatic nitrogens is 1. The molecule has 1 atom stereocenters. The molecule has 0 fully saturated rings. The van der Waals surface area contributed by atoms with Crippen molar-refractivity contribution >= 4 is 18.0 Å². The van der Waals surface area contributed by atoms with Crippen LogP contribution in [0.5, 0.6) is 0 Å².